The van der Waals surface area contributed by atoms with Crippen molar-refractivity contribution in [2.45, 2.75) is 50.0 Å². The van der Waals surface area contributed by atoms with Gasteiger partial charge in [-0.3, -0.25) is 9.59 Å². The van der Waals surface area contributed by atoms with Gasteiger partial charge in [-0.2, -0.15) is 13.2 Å². The number of aryl methyl sites for hydroxylation is 1. The first-order chi connectivity index (χ1) is 22.0. The highest BCUT2D eigenvalue weighted by Gasteiger charge is 2.57. The van der Waals surface area contributed by atoms with Crippen molar-refractivity contribution in [2.24, 2.45) is 5.73 Å². The fourth-order valence-electron chi connectivity index (χ4n) is 5.21. The monoisotopic (exact) mass is 692 g/mol. The summed E-state index contributed by atoms with van der Waals surface area (Å²) in [5.74, 6) is -2.52. The Bertz CT molecular complexity index is 1970. The number of carbonyl (C=O) groups is 2. The Morgan fingerprint density at radius 3 is 2.51 bits per heavy atom. The van der Waals surface area contributed by atoms with Crippen LogP contribution in [0, 0.1) is 12.7 Å². The summed E-state index contributed by atoms with van der Waals surface area (Å²) in [5, 5.41) is 13.9. The molecule has 47 heavy (non-hydrogen) atoms. The smallest absolute Gasteiger partial charge is 0.424 e. The first-order valence-corrected chi connectivity index (χ1v) is 15.1. The normalized spacial score (nSPS) is 18.7. The van der Waals surface area contributed by atoms with Crippen LogP contribution in [0.4, 0.5) is 17.6 Å². The standard InChI is InChI=1S/C32H26Cl2F4N4O5/c1-14-7-16-8-17(10-22(47-18-4-5-18)24(16)42-27(14)34)28(43)40-12-31(45,32(36,37)38)23-11-19-26(46-13-30(19,2)29(39)44)25(41-23)15-3-6-21(35)20(33)9-15/h3,6-11,18,45H,4-5,12-13H2,1-2H3,(H2,39,44)(H,40,43)/t30-,31-/m0/s1. The average Bonchev–Trinajstić information content (AvgIpc) is 3.76. The third kappa shape index (κ3) is 5.80. The van der Waals surface area contributed by atoms with Gasteiger partial charge in [-0.25, -0.2) is 14.4 Å². The van der Waals surface area contributed by atoms with Crippen molar-refractivity contribution < 1.29 is 41.7 Å². The second-order valence-electron chi connectivity index (χ2n) is 11.8. The predicted molar refractivity (Wildman–Crippen MR) is 164 cm³/mol. The van der Waals surface area contributed by atoms with Crippen molar-refractivity contribution in [3.8, 4) is 22.8 Å². The number of nitrogens with two attached hydrogens (primary N) is 1. The van der Waals surface area contributed by atoms with E-state index in [1.165, 1.54) is 25.1 Å². The second-order valence-corrected chi connectivity index (χ2v) is 12.6. The molecule has 6 rings (SSSR count). The minimum atomic E-state index is -5.40. The Balaban J connectivity index is 1.42. The zero-order valence-electron chi connectivity index (χ0n) is 24.8. The van der Waals surface area contributed by atoms with E-state index in [9.17, 15) is 32.3 Å². The lowest BCUT2D eigenvalue weighted by atomic mass is 9.81. The van der Waals surface area contributed by atoms with Crippen LogP contribution in [-0.4, -0.2) is 52.3 Å². The first-order valence-electron chi connectivity index (χ1n) is 14.3. The Hall–Kier alpha value is -4.20. The lowest BCUT2D eigenvalue weighted by molar-refractivity contribution is -0.265. The number of nitrogens with one attached hydrogen (secondary N) is 1. The number of pyridine rings is 2. The topological polar surface area (TPSA) is 137 Å². The van der Waals surface area contributed by atoms with E-state index in [0.717, 1.165) is 31.0 Å². The van der Waals surface area contributed by atoms with Crippen molar-refractivity contribution >= 4 is 45.9 Å². The summed E-state index contributed by atoms with van der Waals surface area (Å²) in [6.45, 7) is 1.36. The van der Waals surface area contributed by atoms with Crippen LogP contribution >= 0.6 is 23.2 Å². The number of hydrogen-bond donors (Lipinski definition) is 3. The van der Waals surface area contributed by atoms with E-state index in [1.807, 2.05) is 0 Å². The van der Waals surface area contributed by atoms with Crippen LogP contribution in [0.15, 0.2) is 42.5 Å². The zero-order chi connectivity index (χ0) is 34.1. The molecule has 0 spiro atoms. The molecule has 15 heteroatoms. The number of hydrogen-bond acceptors (Lipinski definition) is 7. The number of aromatic nitrogens is 2. The number of benzene rings is 2. The Labute approximate surface area is 275 Å². The SMILES string of the molecule is Cc1cc2cc(C(=O)NC[C@](O)(c3cc4c(c(-c5ccc(F)c(Cl)c5)n3)OC[C@]4(C)C(N)=O)C(F)(F)F)cc(OC3CC3)c2nc1Cl. The van der Waals surface area contributed by atoms with Crippen LogP contribution in [0.5, 0.6) is 11.5 Å². The number of aliphatic hydroxyl groups is 1. The molecule has 4 aromatic rings. The summed E-state index contributed by atoms with van der Waals surface area (Å²) >= 11 is 12.2. The van der Waals surface area contributed by atoms with Crippen LogP contribution < -0.4 is 20.5 Å². The van der Waals surface area contributed by atoms with E-state index >= 15 is 0 Å². The molecule has 3 heterocycles. The molecule has 0 radical (unpaired) electrons. The fraction of sp³-hybridized carbons (Fsp3) is 0.312. The van der Waals surface area contributed by atoms with Crippen molar-refractivity contribution in [3.63, 3.8) is 0 Å². The number of alkyl halides is 3. The minimum Gasteiger partial charge on any atom is -0.489 e. The van der Waals surface area contributed by atoms with E-state index in [2.05, 4.69) is 15.3 Å². The van der Waals surface area contributed by atoms with E-state index in [4.69, 9.17) is 38.4 Å². The summed E-state index contributed by atoms with van der Waals surface area (Å²) in [6.07, 6.45) is -3.92. The van der Waals surface area contributed by atoms with Gasteiger partial charge in [0.15, 0.2) is 0 Å². The molecule has 4 N–H and O–H groups in total. The van der Waals surface area contributed by atoms with Gasteiger partial charge in [0, 0.05) is 22.1 Å². The number of ether oxygens (including phenoxy) is 2. The first kappa shape index (κ1) is 32.7. The summed E-state index contributed by atoms with van der Waals surface area (Å²) < 4.78 is 70.1. The van der Waals surface area contributed by atoms with Crippen LogP contribution in [0.2, 0.25) is 10.2 Å². The highest BCUT2D eigenvalue weighted by atomic mass is 35.5. The Morgan fingerprint density at radius 2 is 1.87 bits per heavy atom. The number of fused-ring (bicyclic) bond motifs is 2. The van der Waals surface area contributed by atoms with Crippen LogP contribution in [0.1, 0.15) is 46.9 Å². The predicted octanol–water partition coefficient (Wildman–Crippen LogP) is 5.91. The third-order valence-corrected chi connectivity index (χ3v) is 8.97. The van der Waals surface area contributed by atoms with E-state index < -0.39 is 47.1 Å². The van der Waals surface area contributed by atoms with Crippen LogP contribution in [0.25, 0.3) is 22.2 Å². The number of amides is 2. The minimum absolute atomic E-state index is 0.0418. The van der Waals surface area contributed by atoms with Crippen molar-refractivity contribution in [1.29, 1.82) is 0 Å². The summed E-state index contributed by atoms with van der Waals surface area (Å²) in [6, 6.07) is 8.61. The largest absolute Gasteiger partial charge is 0.489 e. The quantitative estimate of drug-likeness (QED) is 0.154. The van der Waals surface area contributed by atoms with Gasteiger partial charge >= 0.3 is 6.18 Å². The molecule has 9 nitrogen and oxygen atoms in total. The molecule has 1 fully saturated rings. The van der Waals surface area contributed by atoms with Crippen LogP contribution in [0.3, 0.4) is 0 Å². The van der Waals surface area contributed by atoms with Gasteiger partial charge in [-0.05, 0) is 74.7 Å². The number of nitrogens with zero attached hydrogens (tertiary/aromatic N) is 2. The van der Waals surface area contributed by atoms with Crippen molar-refractivity contribution in [3.05, 3.63) is 80.8 Å². The van der Waals surface area contributed by atoms with Gasteiger partial charge < -0.3 is 25.6 Å². The zero-order valence-corrected chi connectivity index (χ0v) is 26.3. The molecule has 2 aromatic carbocycles. The molecular weight excluding hydrogens is 667 g/mol. The second kappa shape index (κ2) is 11.5. The van der Waals surface area contributed by atoms with Gasteiger partial charge in [0.2, 0.25) is 11.5 Å². The number of carbonyl (C=O) groups excluding carboxylic acids is 2. The van der Waals surface area contributed by atoms with Gasteiger partial charge in [0.1, 0.15) is 45.7 Å². The van der Waals surface area contributed by atoms with Crippen molar-refractivity contribution in [1.82, 2.24) is 15.3 Å². The third-order valence-electron chi connectivity index (χ3n) is 8.30. The maximum Gasteiger partial charge on any atom is 0.424 e. The molecule has 1 aliphatic carbocycles. The summed E-state index contributed by atoms with van der Waals surface area (Å²) in [5.41, 5.74) is -0.116. The molecule has 2 aliphatic rings. The average molecular weight is 693 g/mol. The molecule has 1 aliphatic heterocycles. The van der Waals surface area contributed by atoms with Crippen molar-refractivity contribution in [2.75, 3.05) is 13.2 Å². The van der Waals surface area contributed by atoms with Gasteiger partial charge in [0.25, 0.3) is 5.91 Å². The van der Waals surface area contributed by atoms with E-state index in [1.54, 1.807) is 13.0 Å². The molecule has 1 saturated carbocycles. The van der Waals surface area contributed by atoms with Gasteiger partial charge in [-0.1, -0.05) is 23.2 Å². The highest BCUT2D eigenvalue weighted by Crippen LogP contribution is 2.48. The molecule has 2 atom stereocenters. The lowest BCUT2D eigenvalue weighted by Crippen LogP contribution is -2.51. The molecule has 0 bridgehead atoms. The van der Waals surface area contributed by atoms with Crippen LogP contribution in [-0.2, 0) is 15.8 Å². The number of rotatable bonds is 8. The molecular formula is C32H26Cl2F4N4O5. The van der Waals surface area contributed by atoms with E-state index in [0.29, 0.717) is 16.5 Å². The maximum absolute atomic E-state index is 14.8. The summed E-state index contributed by atoms with van der Waals surface area (Å²) in [7, 11) is 0. The Morgan fingerprint density at radius 1 is 1.15 bits per heavy atom. The molecule has 0 saturated heterocycles. The molecule has 2 aromatic heterocycles. The van der Waals surface area contributed by atoms with Gasteiger partial charge in [-0.15, -0.1) is 0 Å². The number of halogens is 6. The maximum atomic E-state index is 14.8. The molecule has 0 unspecified atom stereocenters. The van der Waals surface area contributed by atoms with E-state index in [-0.39, 0.29) is 56.8 Å². The van der Waals surface area contributed by atoms with Gasteiger partial charge in [0.05, 0.1) is 23.4 Å². The molecule has 246 valence electrons. The summed E-state index contributed by atoms with van der Waals surface area (Å²) in [4.78, 5) is 34.3. The molecule has 2 amide bonds. The lowest BCUT2D eigenvalue weighted by Gasteiger charge is -2.31. The Kier molecular flexibility index (Phi) is 8.01. The fourth-order valence-corrected chi connectivity index (χ4v) is 5.53. The highest BCUT2D eigenvalue weighted by molar-refractivity contribution is 6.31. The number of primary amides is 1.